The van der Waals surface area contributed by atoms with Gasteiger partial charge in [-0.15, -0.1) is 0 Å². The van der Waals surface area contributed by atoms with E-state index in [1.807, 2.05) is 18.2 Å². The normalized spacial score (nSPS) is 10.2. The third kappa shape index (κ3) is 5.74. The maximum Gasteiger partial charge on any atom is 0.324 e. The minimum Gasteiger partial charge on any atom is -0.495 e. The number of methoxy groups -OCH3 is 1. The van der Waals surface area contributed by atoms with E-state index in [0.29, 0.717) is 35.8 Å². The molecule has 0 unspecified atom stereocenters. The third-order valence-electron chi connectivity index (χ3n) is 4.13. The van der Waals surface area contributed by atoms with Crippen LogP contribution in [0.5, 0.6) is 5.75 Å². The van der Waals surface area contributed by atoms with Crippen LogP contribution in [0.1, 0.15) is 21.7 Å². The van der Waals surface area contributed by atoms with Crippen molar-refractivity contribution in [3.63, 3.8) is 0 Å². The molecule has 3 amide bonds. The van der Waals surface area contributed by atoms with Gasteiger partial charge in [0, 0.05) is 30.4 Å². The van der Waals surface area contributed by atoms with Crippen molar-refractivity contribution in [2.75, 3.05) is 24.3 Å². The van der Waals surface area contributed by atoms with E-state index in [9.17, 15) is 9.59 Å². The van der Waals surface area contributed by atoms with Gasteiger partial charge in [0.25, 0.3) is 5.91 Å². The number of aromatic nitrogens is 3. The SMILES string of the molecule is COc1cc(C(=O)NCCc2ccccn2)ccc1NC(=O)Nc1cnc(C)cn1. The Hall–Kier alpha value is -4.01. The number of urea groups is 1. The molecule has 9 nitrogen and oxygen atoms in total. The first kappa shape index (κ1) is 20.7. The molecular formula is C21H22N6O3. The Morgan fingerprint density at radius 1 is 1.03 bits per heavy atom. The smallest absolute Gasteiger partial charge is 0.324 e. The Morgan fingerprint density at radius 3 is 2.60 bits per heavy atom. The topological polar surface area (TPSA) is 118 Å². The van der Waals surface area contributed by atoms with E-state index in [1.54, 1.807) is 37.5 Å². The van der Waals surface area contributed by atoms with E-state index >= 15 is 0 Å². The maximum atomic E-state index is 12.4. The molecule has 9 heteroatoms. The Kier molecular flexibility index (Phi) is 6.88. The number of benzene rings is 1. The van der Waals surface area contributed by atoms with E-state index in [1.165, 1.54) is 13.3 Å². The standard InChI is InChI=1S/C21H22N6O3/c1-14-12-25-19(13-24-14)27-21(29)26-17-7-6-15(11-18(17)30-2)20(28)23-10-8-16-5-3-4-9-22-16/h3-7,9,11-13H,8,10H2,1-2H3,(H,23,28)(H2,25,26,27,29). The number of aryl methyl sites for hydroxylation is 1. The van der Waals surface area contributed by atoms with E-state index in [-0.39, 0.29) is 5.91 Å². The molecule has 0 saturated heterocycles. The van der Waals surface area contributed by atoms with Gasteiger partial charge in [-0.05, 0) is 37.3 Å². The zero-order valence-corrected chi connectivity index (χ0v) is 16.7. The summed E-state index contributed by atoms with van der Waals surface area (Å²) in [5.41, 5.74) is 2.49. The van der Waals surface area contributed by atoms with Gasteiger partial charge < -0.3 is 15.4 Å². The molecule has 0 aliphatic heterocycles. The van der Waals surface area contributed by atoms with Crippen molar-refractivity contribution in [1.82, 2.24) is 20.3 Å². The molecule has 0 aliphatic carbocycles. The lowest BCUT2D eigenvalue weighted by Gasteiger charge is -2.12. The summed E-state index contributed by atoms with van der Waals surface area (Å²) < 4.78 is 5.32. The van der Waals surface area contributed by atoms with Gasteiger partial charge in [0.2, 0.25) is 0 Å². The number of nitrogens with zero attached hydrogens (tertiary/aromatic N) is 3. The molecule has 0 radical (unpaired) electrons. The molecule has 0 atom stereocenters. The van der Waals surface area contributed by atoms with Gasteiger partial charge in [-0.2, -0.15) is 0 Å². The van der Waals surface area contributed by atoms with Crippen LogP contribution in [0, 0.1) is 6.92 Å². The number of hydrogen-bond acceptors (Lipinski definition) is 6. The molecule has 3 N–H and O–H groups in total. The van der Waals surface area contributed by atoms with Crippen LogP contribution in [-0.2, 0) is 6.42 Å². The predicted octanol–water partition coefficient (Wildman–Crippen LogP) is 2.81. The fourth-order valence-electron chi connectivity index (χ4n) is 2.61. The lowest BCUT2D eigenvalue weighted by atomic mass is 10.1. The van der Waals surface area contributed by atoms with Gasteiger partial charge in [0.05, 0.1) is 30.9 Å². The average molecular weight is 406 g/mol. The van der Waals surface area contributed by atoms with Crippen molar-refractivity contribution in [2.45, 2.75) is 13.3 Å². The molecule has 0 aliphatic rings. The van der Waals surface area contributed by atoms with Crippen molar-refractivity contribution in [2.24, 2.45) is 0 Å². The third-order valence-corrected chi connectivity index (χ3v) is 4.13. The van der Waals surface area contributed by atoms with Crippen LogP contribution in [0.3, 0.4) is 0 Å². The lowest BCUT2D eigenvalue weighted by Crippen LogP contribution is -2.26. The fourth-order valence-corrected chi connectivity index (χ4v) is 2.61. The highest BCUT2D eigenvalue weighted by atomic mass is 16.5. The number of ether oxygens (including phenoxy) is 1. The molecule has 2 heterocycles. The van der Waals surface area contributed by atoms with Gasteiger partial charge in [-0.25, -0.2) is 9.78 Å². The molecule has 0 fully saturated rings. The molecule has 3 rings (SSSR count). The first-order chi connectivity index (χ1) is 14.5. The first-order valence-corrected chi connectivity index (χ1v) is 9.28. The summed E-state index contributed by atoms with van der Waals surface area (Å²) in [4.78, 5) is 37.0. The van der Waals surface area contributed by atoms with Gasteiger partial charge >= 0.3 is 6.03 Å². The van der Waals surface area contributed by atoms with Crippen LogP contribution in [0.15, 0.2) is 55.0 Å². The molecule has 2 aromatic heterocycles. The average Bonchev–Trinajstić information content (AvgIpc) is 2.76. The molecule has 154 valence electrons. The fraction of sp³-hybridized carbons (Fsp3) is 0.190. The number of anilines is 2. The maximum absolute atomic E-state index is 12.4. The summed E-state index contributed by atoms with van der Waals surface area (Å²) >= 11 is 0. The van der Waals surface area contributed by atoms with Crippen molar-refractivity contribution in [3.05, 3.63) is 71.9 Å². The van der Waals surface area contributed by atoms with E-state index < -0.39 is 6.03 Å². The first-order valence-electron chi connectivity index (χ1n) is 9.28. The zero-order chi connectivity index (χ0) is 21.3. The van der Waals surface area contributed by atoms with E-state index in [2.05, 4.69) is 30.9 Å². The number of carbonyl (C=O) groups is 2. The van der Waals surface area contributed by atoms with Crippen LogP contribution in [0.2, 0.25) is 0 Å². The zero-order valence-electron chi connectivity index (χ0n) is 16.7. The Balaban J connectivity index is 1.58. The lowest BCUT2D eigenvalue weighted by molar-refractivity contribution is 0.0953. The van der Waals surface area contributed by atoms with Gasteiger partial charge in [0.15, 0.2) is 5.82 Å². The van der Waals surface area contributed by atoms with Crippen molar-refractivity contribution in [3.8, 4) is 5.75 Å². The summed E-state index contributed by atoms with van der Waals surface area (Å²) in [5, 5.41) is 8.10. The Labute approximate surface area is 173 Å². The monoisotopic (exact) mass is 406 g/mol. The molecule has 3 aromatic rings. The minimum atomic E-state index is -0.501. The van der Waals surface area contributed by atoms with Gasteiger partial charge in [0.1, 0.15) is 5.75 Å². The minimum absolute atomic E-state index is 0.241. The second-order valence-electron chi connectivity index (χ2n) is 6.36. The highest BCUT2D eigenvalue weighted by Gasteiger charge is 2.13. The predicted molar refractivity (Wildman–Crippen MR) is 113 cm³/mol. The van der Waals surface area contributed by atoms with Crippen LogP contribution in [-0.4, -0.2) is 40.5 Å². The Bertz CT molecular complexity index is 1010. The second-order valence-corrected chi connectivity index (χ2v) is 6.36. The van der Waals surface area contributed by atoms with Gasteiger partial charge in [-0.3, -0.25) is 20.1 Å². The van der Waals surface area contributed by atoms with Crippen LogP contribution < -0.4 is 20.7 Å². The summed E-state index contributed by atoms with van der Waals surface area (Å²) in [6, 6.07) is 9.94. The molecule has 30 heavy (non-hydrogen) atoms. The summed E-state index contributed by atoms with van der Waals surface area (Å²) in [7, 11) is 1.46. The van der Waals surface area contributed by atoms with Crippen molar-refractivity contribution >= 4 is 23.4 Å². The molecule has 0 bridgehead atoms. The number of pyridine rings is 1. The molecule has 0 spiro atoms. The van der Waals surface area contributed by atoms with Crippen LogP contribution in [0.4, 0.5) is 16.3 Å². The largest absolute Gasteiger partial charge is 0.495 e. The van der Waals surface area contributed by atoms with E-state index in [4.69, 9.17) is 4.74 Å². The van der Waals surface area contributed by atoms with Crippen LogP contribution >= 0.6 is 0 Å². The van der Waals surface area contributed by atoms with Crippen molar-refractivity contribution < 1.29 is 14.3 Å². The second kappa shape index (κ2) is 9.97. The summed E-state index contributed by atoms with van der Waals surface area (Å²) in [6.45, 7) is 2.26. The highest BCUT2D eigenvalue weighted by Crippen LogP contribution is 2.25. The van der Waals surface area contributed by atoms with Crippen molar-refractivity contribution in [1.29, 1.82) is 0 Å². The number of carbonyl (C=O) groups excluding carboxylic acids is 2. The Morgan fingerprint density at radius 2 is 1.90 bits per heavy atom. The number of hydrogen-bond donors (Lipinski definition) is 3. The van der Waals surface area contributed by atoms with Crippen LogP contribution in [0.25, 0.3) is 0 Å². The van der Waals surface area contributed by atoms with E-state index in [0.717, 1.165) is 11.4 Å². The summed E-state index contributed by atoms with van der Waals surface area (Å²) in [6.07, 6.45) is 5.36. The number of nitrogens with one attached hydrogen (secondary N) is 3. The number of amides is 3. The molecule has 0 saturated carbocycles. The molecular weight excluding hydrogens is 384 g/mol. The van der Waals surface area contributed by atoms with Gasteiger partial charge in [-0.1, -0.05) is 6.07 Å². The highest BCUT2D eigenvalue weighted by molar-refractivity contribution is 6.01. The summed E-state index contributed by atoms with van der Waals surface area (Å²) in [5.74, 6) is 0.439. The quantitative estimate of drug-likeness (QED) is 0.555. The number of rotatable bonds is 7. The molecule has 1 aromatic carbocycles.